The van der Waals surface area contributed by atoms with Crippen molar-refractivity contribution in [2.75, 3.05) is 74.1 Å². The highest BCUT2D eigenvalue weighted by Gasteiger charge is 2.27. The van der Waals surface area contributed by atoms with E-state index in [2.05, 4.69) is 26.3 Å². The Morgan fingerprint density at radius 1 is 1.09 bits per heavy atom. The molecule has 2 aliphatic rings. The molecule has 0 aliphatic carbocycles. The molecule has 2 saturated heterocycles. The number of imidazole rings is 1. The summed E-state index contributed by atoms with van der Waals surface area (Å²) in [4.78, 5) is 42.7. The fourth-order valence-electron chi connectivity index (χ4n) is 5.89. The van der Waals surface area contributed by atoms with Gasteiger partial charge in [0.15, 0.2) is 9.84 Å². The van der Waals surface area contributed by atoms with Crippen molar-refractivity contribution in [3.63, 3.8) is 0 Å². The van der Waals surface area contributed by atoms with Crippen LogP contribution in [-0.4, -0.2) is 108 Å². The SMILES string of the molecule is Cc1cc(N2CCN(C(=O)CN3CCS(=O)(=O)CC3)CC2)cc2[nH]c(-c3c(NCC(O)c4cccc(Cl)c4)cc[nH]c3=O)nc12. The number of nitrogens with zero attached hydrogens (tertiary/aromatic N) is 4. The van der Waals surface area contributed by atoms with Gasteiger partial charge in [0.1, 0.15) is 11.4 Å². The zero-order valence-corrected chi connectivity index (χ0v) is 26.5. The monoisotopic (exact) mass is 653 g/mol. The highest BCUT2D eigenvalue weighted by atomic mass is 35.5. The molecule has 12 nitrogen and oxygen atoms in total. The Bertz CT molecular complexity index is 1870. The van der Waals surface area contributed by atoms with Crippen LogP contribution in [0.3, 0.4) is 0 Å². The number of aliphatic hydroxyl groups is 1. The standard InChI is InChI=1S/C31H36ClN7O5S/c1-20-15-23(38-7-9-39(10-8-38)27(41)19-37-11-13-45(43,44)14-12-37)17-25-29(20)36-30(35-25)28-24(5-6-33-31(28)42)34-18-26(40)21-3-2-4-22(32)16-21/h2-6,15-17,26,40H,7-14,18-19H2,1H3,(H,35,36)(H2,33,34,42). The van der Waals surface area contributed by atoms with E-state index in [1.165, 1.54) is 0 Å². The lowest BCUT2D eigenvalue weighted by atomic mass is 10.1. The van der Waals surface area contributed by atoms with Crippen molar-refractivity contribution in [2.45, 2.75) is 13.0 Å². The minimum absolute atomic E-state index is 0.0244. The fraction of sp³-hybridized carbons (Fsp3) is 0.387. The first-order chi connectivity index (χ1) is 21.6. The number of hydrogen-bond acceptors (Lipinski definition) is 9. The number of nitrogens with one attached hydrogen (secondary N) is 3. The van der Waals surface area contributed by atoms with Gasteiger partial charge >= 0.3 is 0 Å². The number of benzene rings is 2. The molecular formula is C31H36ClN7O5S. The highest BCUT2D eigenvalue weighted by molar-refractivity contribution is 7.91. The Morgan fingerprint density at radius 3 is 2.58 bits per heavy atom. The number of amides is 1. The molecule has 1 unspecified atom stereocenters. The van der Waals surface area contributed by atoms with Gasteiger partial charge in [0.2, 0.25) is 5.91 Å². The van der Waals surface area contributed by atoms with Crippen molar-refractivity contribution in [1.82, 2.24) is 24.8 Å². The van der Waals surface area contributed by atoms with Crippen LogP contribution >= 0.6 is 11.6 Å². The summed E-state index contributed by atoms with van der Waals surface area (Å²) in [5.74, 6) is 0.646. The lowest BCUT2D eigenvalue weighted by Gasteiger charge is -2.37. The maximum Gasteiger partial charge on any atom is 0.261 e. The summed E-state index contributed by atoms with van der Waals surface area (Å²) in [6, 6.07) is 12.8. The van der Waals surface area contributed by atoms with Crippen LogP contribution in [0.2, 0.25) is 5.02 Å². The number of rotatable bonds is 8. The first-order valence-corrected chi connectivity index (χ1v) is 17.1. The molecule has 4 aromatic rings. The maximum atomic E-state index is 13.0. The molecule has 6 rings (SSSR count). The summed E-state index contributed by atoms with van der Waals surface area (Å²) in [5, 5.41) is 14.4. The molecule has 1 amide bonds. The molecule has 0 bridgehead atoms. The maximum absolute atomic E-state index is 13.0. The Labute approximate surface area is 265 Å². The molecule has 0 spiro atoms. The van der Waals surface area contributed by atoms with Crippen LogP contribution in [0.4, 0.5) is 11.4 Å². The number of halogens is 1. The van der Waals surface area contributed by atoms with Gasteiger partial charge in [-0.2, -0.15) is 0 Å². The van der Waals surface area contributed by atoms with Crippen LogP contribution in [0.5, 0.6) is 0 Å². The van der Waals surface area contributed by atoms with Crippen LogP contribution < -0.4 is 15.8 Å². The predicted molar refractivity (Wildman–Crippen MR) is 176 cm³/mol. The number of carbonyl (C=O) groups is 1. The van der Waals surface area contributed by atoms with E-state index in [1.54, 1.807) is 36.5 Å². The van der Waals surface area contributed by atoms with E-state index < -0.39 is 15.9 Å². The number of aryl methyl sites for hydroxylation is 1. The number of piperazine rings is 1. The normalized spacial score (nSPS) is 17.8. The molecule has 0 radical (unpaired) electrons. The second-order valence-electron chi connectivity index (χ2n) is 11.6. The van der Waals surface area contributed by atoms with Crippen LogP contribution in [0.1, 0.15) is 17.2 Å². The fourth-order valence-corrected chi connectivity index (χ4v) is 7.36. The number of aliphatic hydroxyl groups excluding tert-OH is 1. The number of pyridine rings is 1. The lowest BCUT2D eigenvalue weighted by molar-refractivity contribution is -0.132. The van der Waals surface area contributed by atoms with Gasteiger partial charge in [-0.25, -0.2) is 13.4 Å². The van der Waals surface area contributed by atoms with Crippen molar-refractivity contribution in [1.29, 1.82) is 0 Å². The molecule has 1 atom stereocenters. The van der Waals surface area contributed by atoms with E-state index in [1.807, 2.05) is 22.8 Å². The number of fused-ring (bicyclic) bond motifs is 1. The second-order valence-corrected chi connectivity index (χ2v) is 14.3. The summed E-state index contributed by atoms with van der Waals surface area (Å²) >= 11 is 6.08. The second kappa shape index (κ2) is 12.8. The van der Waals surface area contributed by atoms with Crippen LogP contribution in [0, 0.1) is 6.92 Å². The van der Waals surface area contributed by atoms with E-state index >= 15 is 0 Å². The zero-order valence-electron chi connectivity index (χ0n) is 24.9. The third-order valence-electron chi connectivity index (χ3n) is 8.47. The number of sulfone groups is 1. The van der Waals surface area contributed by atoms with Crippen molar-refractivity contribution >= 4 is 49.8 Å². The van der Waals surface area contributed by atoms with E-state index in [0.29, 0.717) is 66.9 Å². The predicted octanol–water partition coefficient (Wildman–Crippen LogP) is 2.40. The van der Waals surface area contributed by atoms with Gasteiger partial charge in [-0.05, 0) is 48.4 Å². The molecule has 2 fully saturated rings. The molecule has 45 heavy (non-hydrogen) atoms. The summed E-state index contributed by atoms with van der Waals surface area (Å²) in [6.07, 6.45) is 0.712. The smallest absolute Gasteiger partial charge is 0.261 e. The molecular weight excluding hydrogens is 618 g/mol. The Kier molecular flexibility index (Phi) is 8.87. The molecule has 2 aromatic heterocycles. The van der Waals surface area contributed by atoms with Gasteiger partial charge < -0.3 is 30.2 Å². The van der Waals surface area contributed by atoms with Crippen LogP contribution in [0.25, 0.3) is 22.4 Å². The minimum Gasteiger partial charge on any atom is -0.387 e. The number of H-pyrrole nitrogens is 2. The number of carbonyl (C=O) groups excluding carboxylic acids is 1. The van der Waals surface area contributed by atoms with Gasteiger partial charge in [-0.15, -0.1) is 0 Å². The Morgan fingerprint density at radius 2 is 1.84 bits per heavy atom. The largest absolute Gasteiger partial charge is 0.387 e. The number of hydrogen-bond donors (Lipinski definition) is 4. The summed E-state index contributed by atoms with van der Waals surface area (Å²) in [5.41, 5.74) is 4.69. The first-order valence-electron chi connectivity index (χ1n) is 14.9. The molecule has 238 valence electrons. The van der Waals surface area contributed by atoms with E-state index in [9.17, 15) is 23.1 Å². The van der Waals surface area contributed by atoms with Gasteiger partial charge in [0, 0.05) is 62.7 Å². The van der Waals surface area contributed by atoms with Crippen molar-refractivity contribution in [3.8, 4) is 11.4 Å². The summed E-state index contributed by atoms with van der Waals surface area (Å²) in [6.45, 7) is 5.65. The van der Waals surface area contributed by atoms with E-state index in [0.717, 1.165) is 22.3 Å². The van der Waals surface area contributed by atoms with Gasteiger partial charge in [0.05, 0.1) is 40.9 Å². The highest BCUT2D eigenvalue weighted by Crippen LogP contribution is 2.30. The topological polar surface area (TPSA) is 155 Å². The van der Waals surface area contributed by atoms with Crippen molar-refractivity contribution < 1.29 is 18.3 Å². The van der Waals surface area contributed by atoms with Crippen LogP contribution in [0.15, 0.2) is 53.5 Å². The Hall–Kier alpha value is -3.91. The number of aromatic nitrogens is 3. The van der Waals surface area contributed by atoms with E-state index in [-0.39, 0.29) is 36.1 Å². The third-order valence-corrected chi connectivity index (χ3v) is 10.3. The molecule has 4 N–H and O–H groups in total. The third kappa shape index (κ3) is 7.01. The quantitative estimate of drug-likeness (QED) is 0.224. The average molecular weight is 654 g/mol. The Balaban J connectivity index is 1.14. The van der Waals surface area contributed by atoms with Crippen LogP contribution in [-0.2, 0) is 14.6 Å². The zero-order chi connectivity index (χ0) is 31.7. The van der Waals surface area contributed by atoms with Gasteiger partial charge in [0.25, 0.3) is 5.56 Å². The van der Waals surface area contributed by atoms with Gasteiger partial charge in [-0.1, -0.05) is 23.7 Å². The van der Waals surface area contributed by atoms with Crippen molar-refractivity contribution in [2.24, 2.45) is 0 Å². The number of aromatic amines is 2. The average Bonchev–Trinajstić information content (AvgIpc) is 3.45. The first kappa shape index (κ1) is 31.1. The molecule has 14 heteroatoms. The summed E-state index contributed by atoms with van der Waals surface area (Å²) < 4.78 is 23.4. The lowest BCUT2D eigenvalue weighted by Crippen LogP contribution is -2.52. The number of anilines is 2. The molecule has 4 heterocycles. The van der Waals surface area contributed by atoms with Gasteiger partial charge in [-0.3, -0.25) is 14.5 Å². The van der Waals surface area contributed by atoms with Crippen molar-refractivity contribution in [3.05, 3.63) is 75.2 Å². The summed E-state index contributed by atoms with van der Waals surface area (Å²) in [7, 11) is -2.98. The molecule has 0 saturated carbocycles. The molecule has 2 aromatic carbocycles. The van der Waals surface area contributed by atoms with E-state index in [4.69, 9.17) is 16.6 Å². The molecule has 2 aliphatic heterocycles. The minimum atomic E-state index is -2.98.